The fraction of sp³-hybridized carbons (Fsp3) is 0.704. The van der Waals surface area contributed by atoms with Gasteiger partial charge in [-0.3, -0.25) is 19.4 Å². The van der Waals surface area contributed by atoms with Crippen LogP contribution < -0.4 is 10.1 Å². The van der Waals surface area contributed by atoms with Gasteiger partial charge in [0, 0.05) is 38.3 Å². The fourth-order valence-corrected chi connectivity index (χ4v) is 6.61. The number of methoxy groups -OCH3 is 1. The van der Waals surface area contributed by atoms with Gasteiger partial charge in [0.25, 0.3) is 0 Å². The summed E-state index contributed by atoms with van der Waals surface area (Å²) in [5.74, 6) is 0.00743. The number of nitrogens with one attached hydrogen (secondary N) is 1. The third-order valence-corrected chi connectivity index (χ3v) is 9.05. The predicted molar refractivity (Wildman–Crippen MR) is 135 cm³/mol. The number of hydrogen-bond donors (Lipinski definition) is 1. The molecule has 198 valence electrons. The Morgan fingerprint density at radius 1 is 1.14 bits per heavy atom. The summed E-state index contributed by atoms with van der Waals surface area (Å²) in [5, 5.41) is 3.33. The molecule has 1 N–H and O–H groups in total. The van der Waals surface area contributed by atoms with Crippen LogP contribution in [0.2, 0.25) is 0 Å². The lowest BCUT2D eigenvalue weighted by atomic mass is 9.83. The van der Waals surface area contributed by atoms with Crippen LogP contribution in [0.5, 0.6) is 5.75 Å². The SMILES string of the molecule is COc1cc(CN2CCC3(CC2)CC(=O)N2C[C@@H](N(C)C4CCN(C)CC4)C[C@H]2C(=O)N3)ccc1F. The van der Waals surface area contributed by atoms with Crippen molar-refractivity contribution in [2.24, 2.45) is 0 Å². The van der Waals surface area contributed by atoms with Gasteiger partial charge in [-0.25, -0.2) is 4.39 Å². The van der Waals surface area contributed by atoms with E-state index >= 15 is 0 Å². The Balaban J connectivity index is 1.18. The van der Waals surface area contributed by atoms with E-state index in [1.165, 1.54) is 13.2 Å². The van der Waals surface area contributed by atoms with Crippen LogP contribution in [0.1, 0.15) is 44.1 Å². The highest BCUT2D eigenvalue weighted by molar-refractivity contribution is 5.92. The topological polar surface area (TPSA) is 68.4 Å². The molecule has 1 aromatic rings. The molecule has 5 rings (SSSR count). The van der Waals surface area contributed by atoms with E-state index in [1.54, 1.807) is 12.1 Å². The number of ether oxygens (including phenoxy) is 1. The standard InChI is InChI=1S/C27H40FN5O3/c1-30-10-6-20(7-11-30)31(2)21-15-23-26(35)29-27(16-25(34)33(23)18-21)8-12-32(13-9-27)17-19-4-5-22(28)24(14-19)36-3/h4-5,14,20-21,23H,6-13,15-18H2,1-3H3,(H,29,35)/t21-,23-/m0/s1. The molecule has 4 fully saturated rings. The third kappa shape index (κ3) is 5.10. The van der Waals surface area contributed by atoms with Gasteiger partial charge in [-0.15, -0.1) is 0 Å². The molecule has 0 aromatic heterocycles. The molecule has 2 amide bonds. The van der Waals surface area contributed by atoms with E-state index in [0.29, 0.717) is 25.6 Å². The zero-order chi connectivity index (χ0) is 25.4. The number of nitrogens with zero attached hydrogens (tertiary/aromatic N) is 4. The first-order chi connectivity index (χ1) is 17.3. The molecule has 0 bridgehead atoms. The molecule has 8 nitrogen and oxygen atoms in total. The van der Waals surface area contributed by atoms with Crippen molar-refractivity contribution in [1.82, 2.24) is 24.9 Å². The molecular formula is C27H40FN5O3. The first-order valence-corrected chi connectivity index (χ1v) is 13.3. The van der Waals surface area contributed by atoms with E-state index < -0.39 is 5.54 Å². The number of hydrogen-bond acceptors (Lipinski definition) is 6. The van der Waals surface area contributed by atoms with Crippen LogP contribution >= 0.6 is 0 Å². The van der Waals surface area contributed by atoms with E-state index in [-0.39, 0.29) is 35.5 Å². The molecular weight excluding hydrogens is 461 g/mol. The Bertz CT molecular complexity index is 946. The molecule has 4 heterocycles. The maximum atomic E-state index is 13.8. The van der Waals surface area contributed by atoms with Crippen LogP contribution in [0.4, 0.5) is 4.39 Å². The predicted octanol–water partition coefficient (Wildman–Crippen LogP) is 1.68. The summed E-state index contributed by atoms with van der Waals surface area (Å²) in [4.78, 5) is 35.8. The van der Waals surface area contributed by atoms with Gasteiger partial charge in [0.15, 0.2) is 11.6 Å². The Labute approximate surface area is 213 Å². The monoisotopic (exact) mass is 501 g/mol. The molecule has 4 saturated heterocycles. The highest BCUT2D eigenvalue weighted by Gasteiger charge is 2.49. The van der Waals surface area contributed by atoms with Crippen molar-refractivity contribution >= 4 is 11.8 Å². The van der Waals surface area contributed by atoms with E-state index in [0.717, 1.165) is 63.8 Å². The van der Waals surface area contributed by atoms with Crippen LogP contribution in [0.25, 0.3) is 0 Å². The Morgan fingerprint density at radius 3 is 2.56 bits per heavy atom. The fourth-order valence-electron chi connectivity index (χ4n) is 6.61. The largest absolute Gasteiger partial charge is 0.494 e. The zero-order valence-electron chi connectivity index (χ0n) is 21.8. The number of fused-ring (bicyclic) bond motifs is 1. The van der Waals surface area contributed by atoms with E-state index in [2.05, 4.69) is 34.1 Å². The van der Waals surface area contributed by atoms with Crippen LogP contribution in [0, 0.1) is 5.82 Å². The van der Waals surface area contributed by atoms with Crippen molar-refractivity contribution in [2.45, 2.75) is 68.7 Å². The molecule has 9 heteroatoms. The first kappa shape index (κ1) is 25.4. The first-order valence-electron chi connectivity index (χ1n) is 13.3. The van der Waals surface area contributed by atoms with E-state index in [9.17, 15) is 14.0 Å². The van der Waals surface area contributed by atoms with Gasteiger partial charge >= 0.3 is 0 Å². The maximum absolute atomic E-state index is 13.8. The number of amides is 2. The lowest BCUT2D eigenvalue weighted by Gasteiger charge is -2.41. The lowest BCUT2D eigenvalue weighted by Crippen LogP contribution is -2.56. The molecule has 36 heavy (non-hydrogen) atoms. The number of piperidine rings is 2. The van der Waals surface area contributed by atoms with Crippen LogP contribution in [-0.4, -0.2) is 109 Å². The number of carbonyl (C=O) groups is 2. The molecule has 4 aliphatic heterocycles. The second-order valence-corrected chi connectivity index (χ2v) is 11.3. The number of halogens is 1. The van der Waals surface area contributed by atoms with Crippen molar-refractivity contribution in [1.29, 1.82) is 0 Å². The number of carbonyl (C=O) groups excluding carboxylic acids is 2. The van der Waals surface area contributed by atoms with Crippen LogP contribution in [0.3, 0.4) is 0 Å². The van der Waals surface area contributed by atoms with Gasteiger partial charge < -0.3 is 19.9 Å². The minimum Gasteiger partial charge on any atom is -0.494 e. The third-order valence-electron chi connectivity index (χ3n) is 9.05. The van der Waals surface area contributed by atoms with Crippen molar-refractivity contribution in [3.8, 4) is 5.75 Å². The minimum atomic E-state index is -0.467. The average Bonchev–Trinajstić information content (AvgIpc) is 3.29. The molecule has 0 radical (unpaired) electrons. The summed E-state index contributed by atoms with van der Waals surface area (Å²) in [6.45, 7) is 5.09. The molecule has 1 aromatic carbocycles. The number of likely N-dealkylation sites (tertiary alicyclic amines) is 2. The van der Waals surface area contributed by atoms with Crippen molar-refractivity contribution < 1.29 is 18.7 Å². The summed E-state index contributed by atoms with van der Waals surface area (Å²) in [6, 6.07) is 5.36. The molecule has 2 atom stereocenters. The van der Waals surface area contributed by atoms with Gasteiger partial charge in [-0.2, -0.15) is 0 Å². The van der Waals surface area contributed by atoms with Crippen molar-refractivity contribution in [2.75, 3.05) is 53.9 Å². The number of likely N-dealkylation sites (N-methyl/N-ethyl adjacent to an activating group) is 1. The summed E-state index contributed by atoms with van der Waals surface area (Å²) in [5.41, 5.74) is 0.524. The van der Waals surface area contributed by atoms with Gasteiger partial charge in [0.1, 0.15) is 6.04 Å². The Hall–Kier alpha value is -2.23. The number of rotatable bonds is 5. The second-order valence-electron chi connectivity index (χ2n) is 11.3. The summed E-state index contributed by atoms with van der Waals surface area (Å²) < 4.78 is 18.9. The highest BCUT2D eigenvalue weighted by Crippen LogP contribution is 2.35. The van der Waals surface area contributed by atoms with Crippen molar-refractivity contribution in [3.05, 3.63) is 29.6 Å². The van der Waals surface area contributed by atoms with E-state index in [4.69, 9.17) is 4.74 Å². The summed E-state index contributed by atoms with van der Waals surface area (Å²) in [7, 11) is 5.81. The molecule has 0 saturated carbocycles. The quantitative estimate of drug-likeness (QED) is 0.662. The Kier molecular flexibility index (Phi) is 7.25. The highest BCUT2D eigenvalue weighted by atomic mass is 19.1. The van der Waals surface area contributed by atoms with Gasteiger partial charge in [0.2, 0.25) is 11.8 Å². The maximum Gasteiger partial charge on any atom is 0.243 e. The Morgan fingerprint density at radius 2 is 1.86 bits per heavy atom. The second kappa shape index (κ2) is 10.3. The lowest BCUT2D eigenvalue weighted by molar-refractivity contribution is -0.135. The summed E-state index contributed by atoms with van der Waals surface area (Å²) in [6.07, 6.45) is 4.84. The van der Waals surface area contributed by atoms with E-state index in [1.807, 2.05) is 4.90 Å². The molecule has 4 aliphatic rings. The average molecular weight is 502 g/mol. The summed E-state index contributed by atoms with van der Waals surface area (Å²) >= 11 is 0. The van der Waals surface area contributed by atoms with Crippen LogP contribution in [0.15, 0.2) is 18.2 Å². The van der Waals surface area contributed by atoms with Crippen molar-refractivity contribution in [3.63, 3.8) is 0 Å². The van der Waals surface area contributed by atoms with Gasteiger partial charge in [-0.1, -0.05) is 6.07 Å². The normalized spacial score (nSPS) is 27.9. The van der Waals surface area contributed by atoms with Crippen LogP contribution in [-0.2, 0) is 16.1 Å². The number of benzene rings is 1. The van der Waals surface area contributed by atoms with Gasteiger partial charge in [0.05, 0.1) is 19.1 Å². The van der Waals surface area contributed by atoms with Gasteiger partial charge in [-0.05, 0) is 77.0 Å². The smallest absolute Gasteiger partial charge is 0.243 e. The minimum absolute atomic E-state index is 0.0110. The molecule has 1 spiro atoms. The molecule has 0 aliphatic carbocycles. The zero-order valence-corrected chi connectivity index (χ0v) is 21.8. The molecule has 0 unspecified atom stereocenters.